The third kappa shape index (κ3) is 3.75. The van der Waals surface area contributed by atoms with Gasteiger partial charge in [0.25, 0.3) is 0 Å². The number of ketones is 1. The van der Waals surface area contributed by atoms with Crippen LogP contribution in [-0.2, 0) is 17.6 Å². The van der Waals surface area contributed by atoms with Crippen LogP contribution >= 0.6 is 27.3 Å². The van der Waals surface area contributed by atoms with Gasteiger partial charge in [-0.15, -0.1) is 0 Å². The third-order valence-corrected chi connectivity index (χ3v) is 3.49. The van der Waals surface area contributed by atoms with E-state index in [9.17, 15) is 9.18 Å². The first kappa shape index (κ1) is 12.5. The van der Waals surface area contributed by atoms with Crippen molar-refractivity contribution in [1.82, 2.24) is 0 Å². The molecule has 0 bridgehead atoms. The molecule has 0 aliphatic rings. The molecule has 0 N–H and O–H groups in total. The second-order valence-electron chi connectivity index (χ2n) is 3.80. The highest BCUT2D eigenvalue weighted by Gasteiger charge is 2.07. The lowest BCUT2D eigenvalue weighted by atomic mass is 10.0. The molecule has 0 unspecified atom stereocenters. The fourth-order valence-corrected chi connectivity index (χ4v) is 2.81. The number of rotatable bonds is 4. The maximum atomic E-state index is 13.1. The highest BCUT2D eigenvalue weighted by atomic mass is 79.9. The smallest absolute Gasteiger partial charge is 0.141 e. The molecule has 0 amide bonds. The van der Waals surface area contributed by atoms with E-state index in [1.165, 1.54) is 12.1 Å². The van der Waals surface area contributed by atoms with Crippen molar-refractivity contribution in [3.8, 4) is 0 Å². The number of hydrogen-bond donors (Lipinski definition) is 0. The Morgan fingerprint density at radius 1 is 1.24 bits per heavy atom. The van der Waals surface area contributed by atoms with Gasteiger partial charge in [-0.05, 0) is 46.2 Å². The number of thiophene rings is 1. The Morgan fingerprint density at radius 3 is 2.65 bits per heavy atom. The van der Waals surface area contributed by atoms with Gasteiger partial charge in [0.2, 0.25) is 0 Å². The van der Waals surface area contributed by atoms with Crippen molar-refractivity contribution in [2.75, 3.05) is 0 Å². The number of halogens is 2. The van der Waals surface area contributed by atoms with Crippen LogP contribution in [0.25, 0.3) is 0 Å². The van der Waals surface area contributed by atoms with Gasteiger partial charge in [-0.2, -0.15) is 11.3 Å². The summed E-state index contributed by atoms with van der Waals surface area (Å²) in [5.74, 6) is -0.224. The molecule has 0 radical (unpaired) electrons. The summed E-state index contributed by atoms with van der Waals surface area (Å²) in [6.07, 6.45) is 0.684. The topological polar surface area (TPSA) is 17.1 Å². The molecule has 1 aromatic carbocycles. The van der Waals surface area contributed by atoms with Crippen LogP contribution in [0.3, 0.4) is 0 Å². The van der Waals surface area contributed by atoms with E-state index in [2.05, 4.69) is 15.9 Å². The summed E-state index contributed by atoms with van der Waals surface area (Å²) in [4.78, 5) is 11.8. The lowest BCUT2D eigenvalue weighted by molar-refractivity contribution is -0.117. The minimum Gasteiger partial charge on any atom is -0.299 e. The van der Waals surface area contributed by atoms with Crippen LogP contribution in [-0.4, -0.2) is 5.78 Å². The van der Waals surface area contributed by atoms with Crippen molar-refractivity contribution < 1.29 is 9.18 Å². The molecule has 1 nitrogen and oxygen atoms in total. The summed E-state index contributed by atoms with van der Waals surface area (Å²) in [6.45, 7) is 0. The Bertz CT molecular complexity index is 502. The fraction of sp³-hybridized carbons (Fsp3) is 0.154. The molecular weight excluding hydrogens is 303 g/mol. The van der Waals surface area contributed by atoms with Gasteiger partial charge in [-0.25, -0.2) is 4.39 Å². The van der Waals surface area contributed by atoms with E-state index in [1.54, 1.807) is 17.4 Å². The standard InChI is InChI=1S/C13H10BrFOS/c14-11-3-10(4-12(15)7-11)6-13(16)5-9-1-2-17-8-9/h1-4,7-8H,5-6H2. The molecule has 0 spiro atoms. The van der Waals surface area contributed by atoms with Gasteiger partial charge in [0.05, 0.1) is 0 Å². The Balaban J connectivity index is 2.03. The van der Waals surface area contributed by atoms with Crippen LogP contribution in [0.15, 0.2) is 39.5 Å². The van der Waals surface area contributed by atoms with E-state index < -0.39 is 0 Å². The Labute approximate surface area is 111 Å². The first-order valence-corrected chi connectivity index (χ1v) is 6.85. The summed E-state index contributed by atoms with van der Waals surface area (Å²) in [5, 5.41) is 3.90. The third-order valence-electron chi connectivity index (χ3n) is 2.31. The summed E-state index contributed by atoms with van der Waals surface area (Å²) < 4.78 is 13.8. The van der Waals surface area contributed by atoms with Crippen LogP contribution < -0.4 is 0 Å². The minimum absolute atomic E-state index is 0.0981. The molecule has 88 valence electrons. The van der Waals surface area contributed by atoms with E-state index in [1.807, 2.05) is 16.8 Å². The lowest BCUT2D eigenvalue weighted by Gasteiger charge is -2.02. The van der Waals surface area contributed by atoms with Gasteiger partial charge < -0.3 is 0 Å². The van der Waals surface area contributed by atoms with E-state index in [4.69, 9.17) is 0 Å². The quantitative estimate of drug-likeness (QED) is 0.834. The number of carbonyl (C=O) groups is 1. The number of carbonyl (C=O) groups excluding carboxylic acids is 1. The van der Waals surface area contributed by atoms with E-state index in [-0.39, 0.29) is 18.0 Å². The second kappa shape index (κ2) is 5.56. The highest BCUT2D eigenvalue weighted by Crippen LogP contribution is 2.16. The normalized spacial score (nSPS) is 10.5. The van der Waals surface area contributed by atoms with Gasteiger partial charge in [0.15, 0.2) is 0 Å². The van der Waals surface area contributed by atoms with Gasteiger partial charge in [0, 0.05) is 17.3 Å². The number of benzene rings is 1. The molecule has 2 aromatic rings. The summed E-state index contributed by atoms with van der Waals surface area (Å²) in [7, 11) is 0. The fourth-order valence-electron chi connectivity index (χ4n) is 1.62. The zero-order chi connectivity index (χ0) is 12.3. The second-order valence-corrected chi connectivity index (χ2v) is 5.50. The largest absolute Gasteiger partial charge is 0.299 e. The van der Waals surface area contributed by atoms with E-state index >= 15 is 0 Å². The van der Waals surface area contributed by atoms with E-state index in [0.717, 1.165) is 5.56 Å². The molecule has 17 heavy (non-hydrogen) atoms. The Kier molecular flexibility index (Phi) is 4.07. The first-order chi connectivity index (χ1) is 8.13. The van der Waals surface area contributed by atoms with Crippen LogP contribution in [0.2, 0.25) is 0 Å². The van der Waals surface area contributed by atoms with Gasteiger partial charge >= 0.3 is 0 Å². The Hall–Kier alpha value is -1.00. The molecule has 1 heterocycles. The maximum Gasteiger partial charge on any atom is 0.141 e. The predicted octanol–water partition coefficient (Wildman–Crippen LogP) is 4.00. The van der Waals surface area contributed by atoms with Crippen LogP contribution in [0, 0.1) is 5.82 Å². The lowest BCUT2D eigenvalue weighted by Crippen LogP contribution is -2.06. The summed E-state index contributed by atoms with van der Waals surface area (Å²) in [6, 6.07) is 6.49. The molecule has 4 heteroatoms. The maximum absolute atomic E-state index is 13.1. The van der Waals surface area contributed by atoms with E-state index in [0.29, 0.717) is 16.5 Å². The Morgan fingerprint density at radius 2 is 2.00 bits per heavy atom. The molecule has 1 aromatic heterocycles. The highest BCUT2D eigenvalue weighted by molar-refractivity contribution is 9.10. The van der Waals surface area contributed by atoms with Crippen molar-refractivity contribution in [1.29, 1.82) is 0 Å². The van der Waals surface area contributed by atoms with Crippen molar-refractivity contribution >= 4 is 33.0 Å². The zero-order valence-electron chi connectivity index (χ0n) is 8.95. The van der Waals surface area contributed by atoms with Crippen LogP contribution in [0.4, 0.5) is 4.39 Å². The van der Waals surface area contributed by atoms with Crippen molar-refractivity contribution in [3.63, 3.8) is 0 Å². The predicted molar refractivity (Wildman–Crippen MR) is 70.8 cm³/mol. The molecule has 0 saturated carbocycles. The summed E-state index contributed by atoms with van der Waals surface area (Å²) in [5.41, 5.74) is 1.73. The molecule has 0 aliphatic heterocycles. The van der Waals surface area contributed by atoms with Crippen molar-refractivity contribution in [2.45, 2.75) is 12.8 Å². The molecule has 2 rings (SSSR count). The average molecular weight is 313 g/mol. The minimum atomic E-state index is -0.322. The molecular formula is C13H10BrFOS. The number of hydrogen-bond acceptors (Lipinski definition) is 2. The first-order valence-electron chi connectivity index (χ1n) is 5.11. The zero-order valence-corrected chi connectivity index (χ0v) is 11.4. The monoisotopic (exact) mass is 312 g/mol. The van der Waals surface area contributed by atoms with Gasteiger partial charge in [-0.1, -0.05) is 15.9 Å². The molecule has 0 aliphatic carbocycles. The average Bonchev–Trinajstić information content (AvgIpc) is 2.67. The van der Waals surface area contributed by atoms with Crippen LogP contribution in [0.1, 0.15) is 11.1 Å². The van der Waals surface area contributed by atoms with Gasteiger partial charge in [0.1, 0.15) is 11.6 Å². The summed E-state index contributed by atoms with van der Waals surface area (Å²) >= 11 is 4.79. The van der Waals surface area contributed by atoms with Crippen molar-refractivity contribution in [2.24, 2.45) is 0 Å². The number of Topliss-reactive ketones (excluding diaryl/α,β-unsaturated/α-hetero) is 1. The van der Waals surface area contributed by atoms with Gasteiger partial charge in [-0.3, -0.25) is 4.79 Å². The molecule has 0 fully saturated rings. The van der Waals surface area contributed by atoms with Crippen molar-refractivity contribution in [3.05, 3.63) is 56.4 Å². The molecule has 0 atom stereocenters. The SMILES string of the molecule is O=C(Cc1ccsc1)Cc1cc(F)cc(Br)c1. The van der Waals surface area contributed by atoms with Crippen LogP contribution in [0.5, 0.6) is 0 Å². The molecule has 0 saturated heterocycles.